The van der Waals surface area contributed by atoms with Crippen molar-refractivity contribution < 1.29 is 21.6 Å². The summed E-state index contributed by atoms with van der Waals surface area (Å²) in [5.41, 5.74) is -4.38. The predicted molar refractivity (Wildman–Crippen MR) is 83.8 cm³/mol. The van der Waals surface area contributed by atoms with Crippen LogP contribution in [-0.2, 0) is 10.0 Å². The molecule has 1 N–H and O–H groups in total. The van der Waals surface area contributed by atoms with Crippen molar-refractivity contribution in [1.82, 2.24) is 9.62 Å². The molecule has 1 aliphatic heterocycles. The van der Waals surface area contributed by atoms with E-state index in [0.717, 1.165) is 19.4 Å². The highest BCUT2D eigenvalue weighted by Crippen LogP contribution is 2.37. The zero-order valence-corrected chi connectivity index (χ0v) is 14.3. The van der Waals surface area contributed by atoms with Crippen molar-refractivity contribution in [3.05, 3.63) is 24.3 Å². The molecule has 0 aromatic heterocycles. The zero-order valence-electron chi connectivity index (χ0n) is 12.6. The summed E-state index contributed by atoms with van der Waals surface area (Å²) in [5.74, 6) is 0.253. The van der Waals surface area contributed by atoms with Crippen LogP contribution in [0.4, 0.5) is 13.2 Å². The lowest BCUT2D eigenvalue weighted by Gasteiger charge is -2.31. The topological polar surface area (TPSA) is 49.4 Å². The standard InChI is InChI=1S/C14H19F3N2O2S2/c1-18-9-11-3-2-8-19(10-11)23(20,21)13-6-4-12(5-7-13)22-14(15,16)17/h4-7,11,18H,2-3,8-10H2,1H3. The van der Waals surface area contributed by atoms with Crippen LogP contribution in [0.3, 0.4) is 0 Å². The van der Waals surface area contributed by atoms with Gasteiger partial charge in [-0.25, -0.2) is 8.42 Å². The van der Waals surface area contributed by atoms with Crippen LogP contribution in [0, 0.1) is 5.92 Å². The van der Waals surface area contributed by atoms with Crippen molar-refractivity contribution in [2.24, 2.45) is 5.92 Å². The Hall–Kier alpha value is -0.770. The van der Waals surface area contributed by atoms with E-state index in [0.29, 0.717) is 13.1 Å². The van der Waals surface area contributed by atoms with E-state index in [4.69, 9.17) is 0 Å². The van der Waals surface area contributed by atoms with Crippen LogP contribution in [0.15, 0.2) is 34.1 Å². The fourth-order valence-electron chi connectivity index (χ4n) is 2.66. The van der Waals surface area contributed by atoms with Gasteiger partial charge in [-0.3, -0.25) is 0 Å². The highest BCUT2D eigenvalue weighted by atomic mass is 32.2. The van der Waals surface area contributed by atoms with E-state index < -0.39 is 15.5 Å². The van der Waals surface area contributed by atoms with Crippen molar-refractivity contribution in [3.63, 3.8) is 0 Å². The molecule has 1 heterocycles. The molecule has 1 aromatic rings. The van der Waals surface area contributed by atoms with Crippen LogP contribution < -0.4 is 5.32 Å². The van der Waals surface area contributed by atoms with Crippen molar-refractivity contribution in [1.29, 1.82) is 0 Å². The summed E-state index contributed by atoms with van der Waals surface area (Å²) in [5, 5.41) is 3.05. The van der Waals surface area contributed by atoms with Gasteiger partial charge in [0.15, 0.2) is 0 Å². The highest BCUT2D eigenvalue weighted by molar-refractivity contribution is 8.00. The van der Waals surface area contributed by atoms with Gasteiger partial charge >= 0.3 is 5.51 Å². The first-order valence-corrected chi connectivity index (χ1v) is 9.48. The van der Waals surface area contributed by atoms with Crippen molar-refractivity contribution in [2.45, 2.75) is 28.1 Å². The molecule has 0 aliphatic carbocycles. The van der Waals surface area contributed by atoms with Crippen molar-refractivity contribution in [3.8, 4) is 0 Å². The van der Waals surface area contributed by atoms with Crippen LogP contribution in [0.25, 0.3) is 0 Å². The van der Waals surface area contributed by atoms with Gasteiger partial charge in [-0.15, -0.1) is 0 Å². The summed E-state index contributed by atoms with van der Waals surface area (Å²) >= 11 is -0.254. The molecule has 23 heavy (non-hydrogen) atoms. The third kappa shape index (κ3) is 5.10. The number of nitrogens with zero attached hydrogens (tertiary/aromatic N) is 1. The Morgan fingerprint density at radius 1 is 1.30 bits per heavy atom. The maximum absolute atomic E-state index is 12.6. The van der Waals surface area contributed by atoms with Crippen LogP contribution in [0.5, 0.6) is 0 Å². The first kappa shape index (κ1) is 18.6. The summed E-state index contributed by atoms with van der Waals surface area (Å²) in [6.07, 6.45) is 1.75. The average Bonchev–Trinajstić information content (AvgIpc) is 2.47. The lowest BCUT2D eigenvalue weighted by molar-refractivity contribution is -0.0328. The molecule has 0 amide bonds. The molecule has 1 aromatic carbocycles. The highest BCUT2D eigenvalue weighted by Gasteiger charge is 2.31. The number of halogens is 3. The number of alkyl halides is 3. The fourth-order valence-corrected chi connectivity index (χ4v) is 4.76. The van der Waals surface area contributed by atoms with Crippen LogP contribution in [-0.4, -0.2) is 44.9 Å². The minimum atomic E-state index is -4.38. The molecule has 1 fully saturated rings. The Morgan fingerprint density at radius 2 is 1.96 bits per heavy atom. The fraction of sp³-hybridized carbons (Fsp3) is 0.571. The molecule has 0 saturated carbocycles. The molecule has 4 nitrogen and oxygen atoms in total. The third-order valence-corrected chi connectivity index (χ3v) is 6.29. The van der Waals surface area contributed by atoms with E-state index in [-0.39, 0.29) is 27.5 Å². The van der Waals surface area contributed by atoms with E-state index in [1.807, 2.05) is 7.05 Å². The van der Waals surface area contributed by atoms with E-state index in [2.05, 4.69) is 5.32 Å². The lowest BCUT2D eigenvalue weighted by Crippen LogP contribution is -2.42. The van der Waals surface area contributed by atoms with Crippen LogP contribution in [0.1, 0.15) is 12.8 Å². The maximum atomic E-state index is 12.6. The summed E-state index contributed by atoms with van der Waals surface area (Å²) in [7, 11) is -1.83. The number of hydrogen-bond acceptors (Lipinski definition) is 4. The van der Waals surface area contributed by atoms with Gasteiger partial charge in [0.25, 0.3) is 0 Å². The number of hydrogen-bond donors (Lipinski definition) is 1. The normalized spacial score (nSPS) is 20.6. The summed E-state index contributed by atoms with van der Waals surface area (Å²) < 4.78 is 63.6. The van der Waals surface area contributed by atoms with Gasteiger partial charge in [-0.2, -0.15) is 17.5 Å². The molecule has 0 spiro atoms. The number of thioether (sulfide) groups is 1. The second-order valence-corrected chi connectivity index (χ2v) is 8.52. The van der Waals surface area contributed by atoms with E-state index in [1.165, 1.54) is 28.6 Å². The Labute approximate surface area is 138 Å². The molecule has 2 rings (SSSR count). The second-order valence-electron chi connectivity index (χ2n) is 5.45. The summed E-state index contributed by atoms with van der Waals surface area (Å²) in [4.78, 5) is 0.0114. The molecular formula is C14H19F3N2O2S2. The molecule has 9 heteroatoms. The molecule has 0 bridgehead atoms. The number of rotatable bonds is 5. The van der Waals surface area contributed by atoms with E-state index in [9.17, 15) is 21.6 Å². The molecule has 0 radical (unpaired) electrons. The third-order valence-electron chi connectivity index (χ3n) is 3.67. The predicted octanol–water partition coefficient (Wildman–Crippen LogP) is 2.92. The lowest BCUT2D eigenvalue weighted by atomic mass is 10.00. The van der Waals surface area contributed by atoms with Gasteiger partial charge in [0.2, 0.25) is 10.0 Å². The van der Waals surface area contributed by atoms with Crippen LogP contribution in [0.2, 0.25) is 0 Å². The maximum Gasteiger partial charge on any atom is 0.446 e. The molecular weight excluding hydrogens is 349 g/mol. The molecule has 1 saturated heterocycles. The van der Waals surface area contributed by atoms with Gasteiger partial charge in [-0.05, 0) is 68.4 Å². The molecule has 130 valence electrons. The minimum Gasteiger partial charge on any atom is -0.319 e. The Morgan fingerprint density at radius 3 is 2.52 bits per heavy atom. The zero-order chi connectivity index (χ0) is 17.1. The molecule has 1 aliphatic rings. The van der Waals surface area contributed by atoms with E-state index >= 15 is 0 Å². The van der Waals surface area contributed by atoms with Gasteiger partial charge < -0.3 is 5.32 Å². The Bertz CT molecular complexity index is 616. The Balaban J connectivity index is 2.13. The SMILES string of the molecule is CNCC1CCCN(S(=O)(=O)c2ccc(SC(F)(F)F)cc2)C1. The van der Waals surface area contributed by atoms with Gasteiger partial charge in [0.1, 0.15) is 0 Å². The number of sulfonamides is 1. The average molecular weight is 368 g/mol. The monoisotopic (exact) mass is 368 g/mol. The van der Waals surface area contributed by atoms with Gasteiger partial charge in [0, 0.05) is 18.0 Å². The van der Waals surface area contributed by atoms with Gasteiger partial charge in [-0.1, -0.05) is 0 Å². The van der Waals surface area contributed by atoms with Gasteiger partial charge in [0.05, 0.1) is 4.90 Å². The summed E-state index contributed by atoms with van der Waals surface area (Å²) in [6, 6.07) is 4.87. The van der Waals surface area contributed by atoms with E-state index in [1.54, 1.807) is 0 Å². The number of piperidine rings is 1. The Kier molecular flexibility index (Phi) is 5.99. The largest absolute Gasteiger partial charge is 0.446 e. The summed E-state index contributed by atoms with van der Waals surface area (Å²) in [6.45, 7) is 1.62. The smallest absolute Gasteiger partial charge is 0.319 e. The van der Waals surface area contributed by atoms with Crippen LogP contribution >= 0.6 is 11.8 Å². The number of nitrogens with one attached hydrogen (secondary N) is 1. The first-order chi connectivity index (χ1) is 10.7. The quantitative estimate of drug-likeness (QED) is 0.812. The minimum absolute atomic E-state index is 0.0249. The number of benzene rings is 1. The first-order valence-electron chi connectivity index (χ1n) is 7.23. The molecule has 1 unspecified atom stereocenters. The van der Waals surface area contributed by atoms with Crippen molar-refractivity contribution in [2.75, 3.05) is 26.7 Å². The second kappa shape index (κ2) is 7.42. The molecule has 1 atom stereocenters. The van der Waals surface area contributed by atoms with Crippen molar-refractivity contribution >= 4 is 21.8 Å².